The van der Waals surface area contributed by atoms with Gasteiger partial charge in [0.1, 0.15) is 5.75 Å². The highest BCUT2D eigenvalue weighted by Gasteiger charge is 2.35. The van der Waals surface area contributed by atoms with Gasteiger partial charge in [-0.1, -0.05) is 18.2 Å². The fraction of sp³-hybridized carbons (Fsp3) is 0.385. The van der Waals surface area contributed by atoms with Gasteiger partial charge in [-0.3, -0.25) is 4.90 Å². The van der Waals surface area contributed by atoms with E-state index in [0.29, 0.717) is 18.1 Å². The molecule has 5 aliphatic rings. The number of fused-ring (bicyclic) bond motifs is 2. The van der Waals surface area contributed by atoms with Crippen LogP contribution < -0.4 is 29.0 Å². The number of ether oxygens (including phenoxy) is 5. The summed E-state index contributed by atoms with van der Waals surface area (Å²) in [5.74, 6) is 5.94. The minimum absolute atomic E-state index is 0.0598. The van der Waals surface area contributed by atoms with E-state index in [1.165, 1.54) is 27.8 Å². The van der Waals surface area contributed by atoms with Gasteiger partial charge in [-0.25, -0.2) is 0 Å². The number of nitrogens with one attached hydrogen (secondary N) is 1. The minimum atomic E-state index is 0.0598. The summed E-state index contributed by atoms with van der Waals surface area (Å²) >= 11 is 0. The summed E-state index contributed by atoms with van der Waals surface area (Å²) in [7, 11) is 8.09. The van der Waals surface area contributed by atoms with Crippen LogP contribution in [0.1, 0.15) is 51.9 Å². The number of likely N-dealkylation sites (N-methyl/N-ethyl adjacent to an activating group) is 1. The number of hydrogen-bond donors (Lipinski definition) is 1. The summed E-state index contributed by atoms with van der Waals surface area (Å²) in [6, 6.07) is 21.6. The predicted octanol–water partition coefficient (Wildman–Crippen LogP) is 7.23. The molecule has 0 saturated carbocycles. The largest absolute Gasteiger partial charge is 0.493 e. The van der Waals surface area contributed by atoms with Gasteiger partial charge in [0, 0.05) is 30.7 Å². The highest BCUT2D eigenvalue weighted by molar-refractivity contribution is 5.67. The van der Waals surface area contributed by atoms with Gasteiger partial charge in [-0.05, 0) is 130 Å². The molecular formula is C39H43N3O5. The molecule has 5 aliphatic heterocycles. The van der Waals surface area contributed by atoms with Crippen molar-refractivity contribution >= 4 is 0 Å². The van der Waals surface area contributed by atoms with Crippen molar-refractivity contribution in [2.24, 2.45) is 0 Å². The zero-order chi connectivity index (χ0) is 32.1. The van der Waals surface area contributed by atoms with Crippen LogP contribution in [0, 0.1) is 0 Å². The van der Waals surface area contributed by atoms with Gasteiger partial charge >= 0.3 is 0 Å². The van der Waals surface area contributed by atoms with Gasteiger partial charge in [0.05, 0.1) is 13.7 Å². The van der Waals surface area contributed by atoms with E-state index < -0.39 is 0 Å². The molecule has 47 heavy (non-hydrogen) atoms. The molecule has 8 heteroatoms. The molecule has 0 unspecified atom stereocenters. The average molecular weight is 634 g/mol. The van der Waals surface area contributed by atoms with Crippen molar-refractivity contribution in [3.05, 3.63) is 94.0 Å². The molecule has 244 valence electrons. The lowest BCUT2D eigenvalue weighted by atomic mass is 9.87. The Hall–Kier alpha value is -4.24. The van der Waals surface area contributed by atoms with Crippen LogP contribution in [0.5, 0.6) is 46.0 Å². The summed E-state index contributed by atoms with van der Waals surface area (Å²) in [5.41, 5.74) is 7.35. The number of nitrogens with zero attached hydrogens (tertiary/aromatic N) is 2. The van der Waals surface area contributed by atoms with E-state index in [1.54, 1.807) is 7.11 Å². The van der Waals surface area contributed by atoms with Crippen molar-refractivity contribution in [2.75, 3.05) is 54.5 Å². The number of rotatable bonds is 6. The van der Waals surface area contributed by atoms with Gasteiger partial charge < -0.3 is 33.9 Å². The molecule has 8 nitrogen and oxygen atoms in total. The molecule has 7 bridgehead atoms. The van der Waals surface area contributed by atoms with Crippen molar-refractivity contribution in [3.8, 4) is 46.0 Å². The third kappa shape index (κ3) is 5.79. The Bertz CT molecular complexity index is 1800. The summed E-state index contributed by atoms with van der Waals surface area (Å²) in [4.78, 5) is 4.62. The van der Waals surface area contributed by atoms with E-state index in [2.05, 4.69) is 96.9 Å². The van der Waals surface area contributed by atoms with E-state index in [1.807, 2.05) is 0 Å². The van der Waals surface area contributed by atoms with Crippen LogP contribution >= 0.6 is 0 Å². The third-order valence-electron chi connectivity index (χ3n) is 9.97. The molecule has 4 aromatic carbocycles. The maximum Gasteiger partial charge on any atom is 0.212 e. The van der Waals surface area contributed by atoms with Crippen molar-refractivity contribution < 1.29 is 23.7 Å². The molecule has 0 fully saturated rings. The summed E-state index contributed by atoms with van der Waals surface area (Å²) in [6.45, 7) is 3.44. The van der Waals surface area contributed by atoms with Gasteiger partial charge in [-0.15, -0.1) is 0 Å². The van der Waals surface area contributed by atoms with Crippen LogP contribution in [-0.4, -0.2) is 64.3 Å². The molecule has 5 heterocycles. The standard InChI is InChI=1S/C39H43N3O5/c1-41(2)15-5-17-44-32-11-8-25-19-31-29-23-35-34(21-26(29)13-16-42(31)3)46-38-36(43-4)22-27-12-14-40-30(37(27)39(38)47-35)18-24-6-9-28(10-7-24)45-33(32)20-25/h6-11,20-23,30-31,40H,5,12-19H2,1-4H3/t30-,31-/m0/s1. The van der Waals surface area contributed by atoms with Gasteiger partial charge in [-0.2, -0.15) is 0 Å². The highest BCUT2D eigenvalue weighted by atomic mass is 16.6. The quantitative estimate of drug-likeness (QED) is 0.197. The molecule has 1 N–H and O–H groups in total. The first kappa shape index (κ1) is 30.1. The zero-order valence-electron chi connectivity index (χ0n) is 27.7. The van der Waals surface area contributed by atoms with Crippen LogP contribution in [-0.2, 0) is 25.7 Å². The Morgan fingerprint density at radius 3 is 2.47 bits per heavy atom. The van der Waals surface area contributed by atoms with Crippen LogP contribution in [0.25, 0.3) is 0 Å². The lowest BCUT2D eigenvalue weighted by Gasteiger charge is -2.37. The van der Waals surface area contributed by atoms with Gasteiger partial charge in [0.15, 0.2) is 34.5 Å². The molecule has 0 amide bonds. The molecular weight excluding hydrogens is 590 g/mol. The lowest BCUT2D eigenvalue weighted by Crippen LogP contribution is -2.33. The van der Waals surface area contributed by atoms with Crippen molar-refractivity contribution in [2.45, 2.75) is 44.2 Å². The summed E-state index contributed by atoms with van der Waals surface area (Å²) in [5, 5.41) is 3.77. The van der Waals surface area contributed by atoms with E-state index in [-0.39, 0.29) is 12.1 Å². The maximum absolute atomic E-state index is 6.89. The zero-order valence-corrected chi connectivity index (χ0v) is 27.7. The van der Waals surface area contributed by atoms with Gasteiger partial charge in [0.25, 0.3) is 0 Å². The Morgan fingerprint density at radius 1 is 0.830 bits per heavy atom. The van der Waals surface area contributed by atoms with E-state index >= 15 is 0 Å². The normalized spacial score (nSPS) is 19.3. The molecule has 2 atom stereocenters. The molecule has 0 saturated heterocycles. The number of hydrogen-bond acceptors (Lipinski definition) is 8. The number of methoxy groups -OCH3 is 1. The predicted molar refractivity (Wildman–Crippen MR) is 182 cm³/mol. The van der Waals surface area contributed by atoms with Crippen LogP contribution in [0.15, 0.2) is 60.7 Å². The Kier molecular flexibility index (Phi) is 7.95. The third-order valence-corrected chi connectivity index (χ3v) is 9.97. The Balaban J connectivity index is 1.24. The lowest BCUT2D eigenvalue weighted by molar-refractivity contribution is 0.227. The first-order chi connectivity index (χ1) is 22.9. The Morgan fingerprint density at radius 2 is 1.64 bits per heavy atom. The van der Waals surface area contributed by atoms with E-state index in [0.717, 1.165) is 91.8 Å². The van der Waals surface area contributed by atoms with E-state index in [4.69, 9.17) is 23.7 Å². The smallest absolute Gasteiger partial charge is 0.212 e. The van der Waals surface area contributed by atoms with Crippen LogP contribution in [0.4, 0.5) is 0 Å². The number of benzene rings is 4. The minimum Gasteiger partial charge on any atom is -0.493 e. The molecule has 0 aromatic heterocycles. The SMILES string of the molecule is COc1cc2c3c4c1Oc1cc5c(cc1O4)[C@H](Cc1ccc(OCCCN(C)C)c(c1)Oc1ccc(cc1)C[C@@H]3NCC2)N(C)CC5. The van der Waals surface area contributed by atoms with Crippen molar-refractivity contribution in [1.29, 1.82) is 0 Å². The van der Waals surface area contributed by atoms with Crippen LogP contribution in [0.2, 0.25) is 0 Å². The van der Waals surface area contributed by atoms with Crippen molar-refractivity contribution in [1.82, 2.24) is 15.1 Å². The second kappa shape index (κ2) is 12.4. The van der Waals surface area contributed by atoms with Crippen molar-refractivity contribution in [3.63, 3.8) is 0 Å². The molecule has 0 spiro atoms. The fourth-order valence-electron chi connectivity index (χ4n) is 7.48. The summed E-state index contributed by atoms with van der Waals surface area (Å²) in [6.07, 6.45) is 4.41. The van der Waals surface area contributed by atoms with Crippen LogP contribution in [0.3, 0.4) is 0 Å². The maximum atomic E-state index is 6.89. The monoisotopic (exact) mass is 633 g/mol. The first-order valence-electron chi connectivity index (χ1n) is 16.8. The Labute approximate surface area is 277 Å². The second-order valence-electron chi connectivity index (χ2n) is 13.5. The molecule has 9 rings (SSSR count). The summed E-state index contributed by atoms with van der Waals surface area (Å²) < 4.78 is 32.3. The topological polar surface area (TPSA) is 64.7 Å². The molecule has 0 radical (unpaired) electrons. The van der Waals surface area contributed by atoms with E-state index in [9.17, 15) is 0 Å². The second-order valence-corrected chi connectivity index (χ2v) is 13.5. The highest BCUT2D eigenvalue weighted by Crippen LogP contribution is 2.56. The molecule has 0 aliphatic carbocycles. The first-order valence-corrected chi connectivity index (χ1v) is 16.8. The van der Waals surface area contributed by atoms with Gasteiger partial charge in [0.2, 0.25) is 5.75 Å². The average Bonchev–Trinajstić information content (AvgIpc) is 3.07. The fourth-order valence-corrected chi connectivity index (χ4v) is 7.48. The molecule has 4 aromatic rings.